The van der Waals surface area contributed by atoms with Crippen LogP contribution in [-0.4, -0.2) is 34.9 Å². The Labute approximate surface area is 173 Å². The number of hydrogen-bond acceptors (Lipinski definition) is 8. The van der Waals surface area contributed by atoms with E-state index in [0.29, 0.717) is 11.6 Å². The van der Waals surface area contributed by atoms with Crippen LogP contribution < -0.4 is 9.47 Å². The van der Waals surface area contributed by atoms with E-state index >= 15 is 0 Å². The van der Waals surface area contributed by atoms with Crippen LogP contribution in [0.25, 0.3) is 21.9 Å². The van der Waals surface area contributed by atoms with Crippen molar-refractivity contribution in [3.63, 3.8) is 0 Å². The molecule has 0 spiro atoms. The van der Waals surface area contributed by atoms with Gasteiger partial charge in [-0.3, -0.25) is 0 Å². The van der Waals surface area contributed by atoms with Gasteiger partial charge in [0.2, 0.25) is 5.88 Å². The fourth-order valence-corrected chi connectivity index (χ4v) is 2.89. The monoisotopic (exact) mass is 420 g/mol. The SMILES string of the molecule is Cc1ncc(Oc2nc(Oc3cnc(C)nc3)c3c(n2)[nH]c2[c]cc(F)c(F)c23)cn1. The minimum Gasteiger partial charge on any atom is -0.435 e. The lowest BCUT2D eigenvalue weighted by Gasteiger charge is -2.09. The molecule has 0 bridgehead atoms. The Balaban J connectivity index is 1.69. The maximum absolute atomic E-state index is 14.6. The number of nitrogens with zero attached hydrogens (tertiary/aromatic N) is 6. The molecular formula is C20H12F2N7O2. The summed E-state index contributed by atoms with van der Waals surface area (Å²) in [5, 5.41) is 0.0274. The van der Waals surface area contributed by atoms with Gasteiger partial charge >= 0.3 is 6.01 Å². The van der Waals surface area contributed by atoms with Crippen LogP contribution in [0, 0.1) is 31.5 Å². The van der Waals surface area contributed by atoms with Crippen LogP contribution in [0.4, 0.5) is 8.78 Å². The number of aryl methyl sites for hydroxylation is 2. The van der Waals surface area contributed by atoms with Crippen molar-refractivity contribution < 1.29 is 18.3 Å². The molecule has 0 amide bonds. The van der Waals surface area contributed by atoms with E-state index in [-0.39, 0.29) is 45.3 Å². The first-order chi connectivity index (χ1) is 15.0. The fourth-order valence-electron chi connectivity index (χ4n) is 2.89. The van der Waals surface area contributed by atoms with Crippen molar-refractivity contribution in [3.05, 3.63) is 60.2 Å². The van der Waals surface area contributed by atoms with Gasteiger partial charge in [-0.1, -0.05) is 0 Å². The lowest BCUT2D eigenvalue weighted by atomic mass is 10.2. The van der Waals surface area contributed by atoms with Crippen LogP contribution in [-0.2, 0) is 0 Å². The average Bonchev–Trinajstić information content (AvgIpc) is 3.13. The molecule has 9 nitrogen and oxygen atoms in total. The van der Waals surface area contributed by atoms with E-state index in [1.54, 1.807) is 13.8 Å². The van der Waals surface area contributed by atoms with Gasteiger partial charge in [-0.15, -0.1) is 0 Å². The minimum atomic E-state index is -1.07. The Bertz CT molecular complexity index is 1420. The minimum absolute atomic E-state index is 0.0790. The van der Waals surface area contributed by atoms with Gasteiger partial charge < -0.3 is 14.5 Å². The zero-order chi connectivity index (χ0) is 21.5. The number of benzene rings is 1. The van der Waals surface area contributed by atoms with Gasteiger partial charge in [-0.25, -0.2) is 28.7 Å². The fraction of sp³-hybridized carbons (Fsp3) is 0.100. The number of nitrogens with one attached hydrogen (secondary N) is 1. The van der Waals surface area contributed by atoms with E-state index in [9.17, 15) is 8.78 Å². The summed E-state index contributed by atoms with van der Waals surface area (Å²) in [6.07, 6.45) is 5.78. The Morgan fingerprint density at radius 3 is 2.10 bits per heavy atom. The number of ether oxygens (including phenoxy) is 2. The third-order valence-corrected chi connectivity index (χ3v) is 4.31. The first-order valence-electron chi connectivity index (χ1n) is 9.00. The summed E-state index contributed by atoms with van der Waals surface area (Å²) < 4.78 is 39.9. The molecule has 0 saturated carbocycles. The number of aromatic nitrogens is 7. The highest BCUT2D eigenvalue weighted by Gasteiger charge is 2.21. The predicted molar refractivity (Wildman–Crippen MR) is 104 cm³/mol. The van der Waals surface area contributed by atoms with Crippen molar-refractivity contribution in [2.75, 3.05) is 0 Å². The first-order valence-corrected chi connectivity index (χ1v) is 9.00. The van der Waals surface area contributed by atoms with Crippen LogP contribution in [0.5, 0.6) is 23.4 Å². The molecule has 4 aromatic heterocycles. The van der Waals surface area contributed by atoms with Gasteiger partial charge in [0.15, 0.2) is 23.1 Å². The van der Waals surface area contributed by atoms with Gasteiger partial charge in [0, 0.05) is 6.07 Å². The zero-order valence-corrected chi connectivity index (χ0v) is 16.1. The van der Waals surface area contributed by atoms with Crippen molar-refractivity contribution in [2.24, 2.45) is 0 Å². The van der Waals surface area contributed by atoms with Crippen molar-refractivity contribution in [1.82, 2.24) is 34.9 Å². The lowest BCUT2D eigenvalue weighted by Crippen LogP contribution is -1.98. The van der Waals surface area contributed by atoms with Gasteiger partial charge in [0.05, 0.1) is 41.1 Å². The molecule has 4 heterocycles. The second-order valence-corrected chi connectivity index (χ2v) is 6.50. The summed E-state index contributed by atoms with van der Waals surface area (Å²) in [6.45, 7) is 3.45. The summed E-state index contributed by atoms with van der Waals surface area (Å²) in [6, 6.07) is 3.43. The number of rotatable bonds is 4. The Morgan fingerprint density at radius 2 is 1.45 bits per heavy atom. The van der Waals surface area contributed by atoms with Crippen LogP contribution in [0.15, 0.2) is 30.9 Å². The molecule has 0 aliphatic carbocycles. The maximum atomic E-state index is 14.6. The predicted octanol–water partition coefficient (Wildman–Crippen LogP) is 3.97. The zero-order valence-electron chi connectivity index (χ0n) is 16.1. The number of halogens is 2. The lowest BCUT2D eigenvalue weighted by molar-refractivity contribution is 0.412. The molecule has 0 unspecified atom stereocenters. The smallest absolute Gasteiger partial charge is 0.327 e. The second-order valence-electron chi connectivity index (χ2n) is 6.50. The van der Waals surface area contributed by atoms with Crippen molar-refractivity contribution in [2.45, 2.75) is 13.8 Å². The highest BCUT2D eigenvalue weighted by molar-refractivity contribution is 6.08. The van der Waals surface area contributed by atoms with E-state index in [1.807, 2.05) is 0 Å². The molecule has 1 N–H and O–H groups in total. The van der Waals surface area contributed by atoms with Crippen molar-refractivity contribution >= 4 is 21.9 Å². The molecule has 11 heteroatoms. The van der Waals surface area contributed by atoms with Gasteiger partial charge in [0.1, 0.15) is 17.3 Å². The molecule has 0 aliphatic rings. The molecule has 1 aromatic carbocycles. The van der Waals surface area contributed by atoms with Crippen LogP contribution >= 0.6 is 0 Å². The topological polar surface area (TPSA) is 112 Å². The van der Waals surface area contributed by atoms with Gasteiger partial charge in [0.25, 0.3) is 0 Å². The molecule has 5 aromatic rings. The number of hydrogen-bond donors (Lipinski definition) is 1. The summed E-state index contributed by atoms with van der Waals surface area (Å²) in [5.74, 6) is -0.581. The summed E-state index contributed by atoms with van der Waals surface area (Å²) in [4.78, 5) is 27.6. The van der Waals surface area contributed by atoms with Crippen LogP contribution in [0.3, 0.4) is 0 Å². The Hall–Kier alpha value is -4.28. The van der Waals surface area contributed by atoms with E-state index in [0.717, 1.165) is 6.07 Å². The first kappa shape index (κ1) is 18.7. The van der Waals surface area contributed by atoms with E-state index in [2.05, 4.69) is 41.0 Å². The van der Waals surface area contributed by atoms with E-state index < -0.39 is 11.6 Å². The molecule has 31 heavy (non-hydrogen) atoms. The van der Waals surface area contributed by atoms with Crippen LogP contribution in [0.2, 0.25) is 0 Å². The van der Waals surface area contributed by atoms with Gasteiger partial charge in [-0.05, 0) is 19.9 Å². The van der Waals surface area contributed by atoms with Crippen LogP contribution in [0.1, 0.15) is 11.6 Å². The Kier molecular flexibility index (Phi) is 4.35. The molecule has 0 fully saturated rings. The maximum Gasteiger partial charge on any atom is 0.327 e. The highest BCUT2D eigenvalue weighted by atomic mass is 19.2. The second kappa shape index (κ2) is 7.20. The third-order valence-electron chi connectivity index (χ3n) is 4.31. The molecule has 1 radical (unpaired) electrons. The molecule has 5 rings (SSSR count). The molecular weight excluding hydrogens is 408 g/mol. The highest BCUT2D eigenvalue weighted by Crippen LogP contribution is 2.37. The third kappa shape index (κ3) is 3.45. The summed E-state index contributed by atoms with van der Waals surface area (Å²) in [5.41, 5.74) is 0.362. The number of fused-ring (bicyclic) bond motifs is 3. The van der Waals surface area contributed by atoms with E-state index in [1.165, 1.54) is 24.8 Å². The van der Waals surface area contributed by atoms with Gasteiger partial charge in [-0.2, -0.15) is 9.97 Å². The molecule has 153 valence electrons. The average molecular weight is 420 g/mol. The number of H-pyrrole nitrogens is 1. The van der Waals surface area contributed by atoms with Crippen molar-refractivity contribution in [3.8, 4) is 23.4 Å². The quantitative estimate of drug-likeness (QED) is 0.465. The standard InChI is InChI=1S/C20H12F2N7O2/c1-9-23-5-11(6-24-9)30-19-16-15-14(4-3-13(21)17(15)22)27-18(16)28-20(29-19)31-12-7-25-10(2)26-8-12/h3,5-8H,1-2H3,(H,27,28,29). The molecule has 0 saturated heterocycles. The van der Waals surface area contributed by atoms with E-state index in [4.69, 9.17) is 9.47 Å². The largest absolute Gasteiger partial charge is 0.435 e. The number of aromatic amines is 1. The molecule has 0 atom stereocenters. The normalized spacial score (nSPS) is 11.2. The molecule has 0 aliphatic heterocycles. The summed E-state index contributed by atoms with van der Waals surface area (Å²) in [7, 11) is 0. The summed E-state index contributed by atoms with van der Waals surface area (Å²) >= 11 is 0. The Morgan fingerprint density at radius 1 is 0.839 bits per heavy atom. The van der Waals surface area contributed by atoms with Crippen molar-refractivity contribution in [1.29, 1.82) is 0 Å².